The van der Waals surface area contributed by atoms with Gasteiger partial charge in [-0.1, -0.05) is 5.21 Å². The molecule has 0 amide bonds. The smallest absolute Gasteiger partial charge is 0.150 e. The molecule has 0 aliphatic carbocycles. The van der Waals surface area contributed by atoms with Crippen molar-refractivity contribution in [1.82, 2.24) is 15.0 Å². The summed E-state index contributed by atoms with van der Waals surface area (Å²) in [5.41, 5.74) is 6.13. The Morgan fingerprint density at radius 2 is 2.23 bits per heavy atom. The quantitative estimate of drug-likeness (QED) is 0.662. The number of hydrogen-bond acceptors (Lipinski definition) is 3. The Morgan fingerprint density at radius 1 is 1.38 bits per heavy atom. The van der Waals surface area contributed by atoms with Crippen molar-refractivity contribution in [3.63, 3.8) is 0 Å². The first-order valence-corrected chi connectivity index (χ1v) is 3.69. The zero-order valence-electron chi connectivity index (χ0n) is 6.68. The van der Waals surface area contributed by atoms with Gasteiger partial charge in [-0.15, -0.1) is 5.10 Å². The molecule has 0 saturated carbocycles. The van der Waals surface area contributed by atoms with Crippen molar-refractivity contribution in [2.24, 2.45) is 0 Å². The first kappa shape index (κ1) is 7.72. The minimum Gasteiger partial charge on any atom is -0.399 e. The number of nitrogens with two attached hydrogens (primary N) is 1. The summed E-state index contributed by atoms with van der Waals surface area (Å²) in [5.74, 6) is -0.412. The molecule has 0 saturated heterocycles. The van der Waals surface area contributed by atoms with Crippen LogP contribution >= 0.6 is 0 Å². The lowest BCUT2D eigenvalue weighted by Crippen LogP contribution is -1.99. The second-order valence-electron chi connectivity index (χ2n) is 2.56. The molecule has 13 heavy (non-hydrogen) atoms. The lowest BCUT2D eigenvalue weighted by Gasteiger charge is -2.01. The van der Waals surface area contributed by atoms with Gasteiger partial charge in [0.15, 0.2) is 5.82 Å². The normalized spacial score (nSPS) is 10.2. The molecule has 2 N–H and O–H groups in total. The maximum Gasteiger partial charge on any atom is 0.150 e. The minimum atomic E-state index is -0.412. The van der Waals surface area contributed by atoms with Gasteiger partial charge in [-0.3, -0.25) is 0 Å². The number of halogens is 1. The van der Waals surface area contributed by atoms with E-state index >= 15 is 0 Å². The molecule has 0 spiro atoms. The summed E-state index contributed by atoms with van der Waals surface area (Å²) in [7, 11) is 0. The average Bonchev–Trinajstić information content (AvgIpc) is 2.56. The van der Waals surface area contributed by atoms with Crippen LogP contribution in [0.1, 0.15) is 0 Å². The standard InChI is InChI=1S/C8H7FN4/c9-7-5-6(10)1-2-8(7)13-4-3-11-12-13/h1-5H,10H2. The summed E-state index contributed by atoms with van der Waals surface area (Å²) in [6, 6.07) is 4.41. The fourth-order valence-electron chi connectivity index (χ4n) is 1.05. The third-order valence-corrected chi connectivity index (χ3v) is 1.64. The highest BCUT2D eigenvalue weighted by atomic mass is 19.1. The molecule has 1 heterocycles. The molecular formula is C8H7FN4. The van der Waals surface area contributed by atoms with Crippen molar-refractivity contribution >= 4 is 5.69 Å². The maximum absolute atomic E-state index is 13.2. The number of hydrogen-bond donors (Lipinski definition) is 1. The Morgan fingerprint density at radius 3 is 2.85 bits per heavy atom. The lowest BCUT2D eigenvalue weighted by molar-refractivity contribution is 0.608. The van der Waals surface area contributed by atoms with E-state index in [0.29, 0.717) is 11.4 Å². The monoisotopic (exact) mass is 178 g/mol. The van der Waals surface area contributed by atoms with Crippen LogP contribution in [0.5, 0.6) is 0 Å². The van der Waals surface area contributed by atoms with E-state index in [2.05, 4.69) is 10.3 Å². The Bertz CT molecular complexity index is 410. The third kappa shape index (κ3) is 1.35. The second-order valence-corrected chi connectivity index (χ2v) is 2.56. The van der Waals surface area contributed by atoms with Crippen LogP contribution < -0.4 is 5.73 Å². The number of anilines is 1. The molecule has 1 aromatic heterocycles. The molecular weight excluding hydrogens is 171 g/mol. The maximum atomic E-state index is 13.2. The third-order valence-electron chi connectivity index (χ3n) is 1.64. The first-order chi connectivity index (χ1) is 6.27. The molecule has 1 aromatic carbocycles. The minimum absolute atomic E-state index is 0.340. The number of rotatable bonds is 1. The summed E-state index contributed by atoms with van der Waals surface area (Å²) in [6.07, 6.45) is 3.05. The van der Waals surface area contributed by atoms with E-state index in [0.717, 1.165) is 0 Å². The highest BCUT2D eigenvalue weighted by Gasteiger charge is 2.04. The lowest BCUT2D eigenvalue weighted by atomic mass is 10.3. The van der Waals surface area contributed by atoms with Gasteiger partial charge in [0.05, 0.1) is 12.4 Å². The van der Waals surface area contributed by atoms with Crippen LogP contribution in [0, 0.1) is 5.82 Å². The molecule has 5 heteroatoms. The van der Waals surface area contributed by atoms with E-state index in [1.54, 1.807) is 18.3 Å². The molecule has 2 rings (SSSR count). The van der Waals surface area contributed by atoms with Crippen molar-refractivity contribution < 1.29 is 4.39 Å². The molecule has 0 radical (unpaired) electrons. The summed E-state index contributed by atoms with van der Waals surface area (Å²) < 4.78 is 14.6. The van der Waals surface area contributed by atoms with Gasteiger partial charge >= 0.3 is 0 Å². The molecule has 0 bridgehead atoms. The molecule has 4 nitrogen and oxygen atoms in total. The zero-order chi connectivity index (χ0) is 9.26. The van der Waals surface area contributed by atoms with E-state index in [1.165, 1.54) is 16.9 Å². The fraction of sp³-hybridized carbons (Fsp3) is 0. The Hall–Kier alpha value is -1.91. The second kappa shape index (κ2) is 2.85. The Balaban J connectivity index is 2.53. The van der Waals surface area contributed by atoms with Crippen LogP contribution in [0.15, 0.2) is 30.6 Å². The average molecular weight is 178 g/mol. The first-order valence-electron chi connectivity index (χ1n) is 3.69. The Labute approximate surface area is 73.8 Å². The Kier molecular flexibility index (Phi) is 1.70. The van der Waals surface area contributed by atoms with Crippen molar-refractivity contribution in [3.8, 4) is 5.69 Å². The number of nitrogens with zero attached hydrogens (tertiary/aromatic N) is 3. The molecule has 2 aromatic rings. The topological polar surface area (TPSA) is 56.7 Å². The fourth-order valence-corrected chi connectivity index (χ4v) is 1.05. The van der Waals surface area contributed by atoms with Gasteiger partial charge in [0.2, 0.25) is 0 Å². The van der Waals surface area contributed by atoms with E-state index in [9.17, 15) is 4.39 Å². The predicted octanol–water partition coefficient (Wildman–Crippen LogP) is 0.989. The van der Waals surface area contributed by atoms with Crippen molar-refractivity contribution in [2.45, 2.75) is 0 Å². The van der Waals surface area contributed by atoms with Gasteiger partial charge in [0.1, 0.15) is 5.69 Å². The van der Waals surface area contributed by atoms with Gasteiger partial charge in [-0.05, 0) is 18.2 Å². The number of aromatic nitrogens is 3. The van der Waals surface area contributed by atoms with Crippen LogP contribution in [-0.4, -0.2) is 15.0 Å². The van der Waals surface area contributed by atoms with Gasteiger partial charge < -0.3 is 5.73 Å². The molecule has 0 aliphatic heterocycles. The van der Waals surface area contributed by atoms with Crippen molar-refractivity contribution in [3.05, 3.63) is 36.4 Å². The summed E-state index contributed by atoms with van der Waals surface area (Å²) in [6.45, 7) is 0. The van der Waals surface area contributed by atoms with Crippen LogP contribution in [0.3, 0.4) is 0 Å². The molecule has 66 valence electrons. The van der Waals surface area contributed by atoms with E-state index in [1.807, 2.05) is 0 Å². The summed E-state index contributed by atoms with van der Waals surface area (Å²) >= 11 is 0. The highest BCUT2D eigenvalue weighted by molar-refractivity contribution is 5.45. The van der Waals surface area contributed by atoms with Crippen LogP contribution in [0.4, 0.5) is 10.1 Å². The van der Waals surface area contributed by atoms with E-state index in [4.69, 9.17) is 5.73 Å². The highest BCUT2D eigenvalue weighted by Crippen LogP contribution is 2.14. The summed E-state index contributed by atoms with van der Waals surface area (Å²) in [5, 5.41) is 7.24. The molecule has 0 aliphatic rings. The largest absolute Gasteiger partial charge is 0.399 e. The van der Waals surface area contributed by atoms with Gasteiger partial charge in [-0.2, -0.15) is 0 Å². The van der Waals surface area contributed by atoms with E-state index in [-0.39, 0.29) is 0 Å². The van der Waals surface area contributed by atoms with Gasteiger partial charge in [-0.25, -0.2) is 9.07 Å². The molecule has 0 fully saturated rings. The SMILES string of the molecule is Nc1ccc(-n2ccnn2)c(F)c1. The van der Waals surface area contributed by atoms with Crippen LogP contribution in [-0.2, 0) is 0 Å². The number of nitrogen functional groups attached to an aromatic ring is 1. The van der Waals surface area contributed by atoms with E-state index < -0.39 is 5.82 Å². The van der Waals surface area contributed by atoms with Crippen molar-refractivity contribution in [2.75, 3.05) is 5.73 Å². The number of benzene rings is 1. The van der Waals surface area contributed by atoms with Gasteiger partial charge in [0.25, 0.3) is 0 Å². The molecule has 0 atom stereocenters. The van der Waals surface area contributed by atoms with Crippen molar-refractivity contribution in [1.29, 1.82) is 0 Å². The van der Waals surface area contributed by atoms with Crippen LogP contribution in [0.2, 0.25) is 0 Å². The predicted molar refractivity (Wildman–Crippen MR) is 45.7 cm³/mol. The molecule has 0 unspecified atom stereocenters. The van der Waals surface area contributed by atoms with Gasteiger partial charge in [0, 0.05) is 5.69 Å². The zero-order valence-corrected chi connectivity index (χ0v) is 6.68. The summed E-state index contributed by atoms with van der Waals surface area (Å²) in [4.78, 5) is 0. The van der Waals surface area contributed by atoms with Crippen LogP contribution in [0.25, 0.3) is 5.69 Å².